The molecule has 0 radical (unpaired) electrons. The molecule has 0 aromatic heterocycles. The number of ether oxygens (including phenoxy) is 2. The molecule has 1 amide bonds. The highest BCUT2D eigenvalue weighted by Gasteiger charge is 1.99. The molecule has 16 heavy (non-hydrogen) atoms. The van der Waals surface area contributed by atoms with Crippen LogP contribution in [0.25, 0.3) is 0 Å². The van der Waals surface area contributed by atoms with Gasteiger partial charge < -0.3 is 20.5 Å². The third kappa shape index (κ3) is 11.0. The van der Waals surface area contributed by atoms with E-state index in [1.165, 1.54) is 0 Å². The van der Waals surface area contributed by atoms with Crippen molar-refractivity contribution in [1.82, 2.24) is 5.32 Å². The van der Waals surface area contributed by atoms with Crippen LogP contribution in [0.4, 0.5) is 0 Å². The topological polar surface area (TPSA) is 73.6 Å². The van der Waals surface area contributed by atoms with Crippen LogP contribution in [0.5, 0.6) is 0 Å². The zero-order chi connectivity index (χ0) is 12.1. The monoisotopic (exact) mass is 228 g/mol. The molecule has 0 unspecified atom stereocenters. The Bertz CT molecular complexity index is 214. The second kappa shape index (κ2) is 12.0. The van der Waals surface area contributed by atoms with Crippen LogP contribution >= 0.6 is 0 Å². The van der Waals surface area contributed by atoms with Gasteiger partial charge >= 0.3 is 0 Å². The molecule has 0 aliphatic heterocycles. The van der Waals surface area contributed by atoms with Crippen molar-refractivity contribution in [2.45, 2.75) is 12.8 Å². The molecular weight excluding hydrogens is 208 g/mol. The van der Waals surface area contributed by atoms with E-state index in [0.717, 1.165) is 6.42 Å². The number of carbonyl (C=O) groups excluding carboxylic acids is 1. The van der Waals surface area contributed by atoms with E-state index in [1.54, 1.807) is 0 Å². The van der Waals surface area contributed by atoms with Crippen molar-refractivity contribution in [3.8, 4) is 12.3 Å². The van der Waals surface area contributed by atoms with Gasteiger partial charge in [0, 0.05) is 19.5 Å². The lowest BCUT2D eigenvalue weighted by atomic mass is 10.3. The van der Waals surface area contributed by atoms with Crippen molar-refractivity contribution in [3.05, 3.63) is 0 Å². The predicted molar refractivity (Wildman–Crippen MR) is 61.8 cm³/mol. The van der Waals surface area contributed by atoms with Gasteiger partial charge in [-0.3, -0.25) is 4.79 Å². The van der Waals surface area contributed by atoms with Crippen LogP contribution in [0.2, 0.25) is 0 Å². The second-order valence-electron chi connectivity index (χ2n) is 3.11. The van der Waals surface area contributed by atoms with Crippen molar-refractivity contribution in [2.75, 3.05) is 39.5 Å². The Morgan fingerprint density at radius 3 is 2.75 bits per heavy atom. The Labute approximate surface area is 96.7 Å². The van der Waals surface area contributed by atoms with E-state index in [4.69, 9.17) is 21.6 Å². The summed E-state index contributed by atoms with van der Waals surface area (Å²) in [6.07, 6.45) is 6.54. The van der Waals surface area contributed by atoms with Gasteiger partial charge in [0.25, 0.3) is 0 Å². The summed E-state index contributed by atoms with van der Waals surface area (Å²) in [4.78, 5) is 11.1. The van der Waals surface area contributed by atoms with Gasteiger partial charge in [-0.2, -0.15) is 0 Å². The summed E-state index contributed by atoms with van der Waals surface area (Å²) >= 11 is 0. The second-order valence-corrected chi connectivity index (χ2v) is 3.11. The molecule has 0 aromatic rings. The summed E-state index contributed by atoms with van der Waals surface area (Å²) in [5.74, 6) is 2.38. The number of unbranched alkanes of at least 4 members (excludes halogenated alkanes) is 1. The minimum Gasteiger partial charge on any atom is -0.378 e. The van der Waals surface area contributed by atoms with Crippen LogP contribution in [-0.2, 0) is 14.3 Å². The van der Waals surface area contributed by atoms with Crippen LogP contribution in [0, 0.1) is 12.3 Å². The summed E-state index contributed by atoms with van der Waals surface area (Å²) in [6.45, 7) is 2.52. The number of amides is 1. The molecule has 0 spiro atoms. The van der Waals surface area contributed by atoms with E-state index in [9.17, 15) is 4.79 Å². The molecule has 0 aromatic carbocycles. The first-order valence-electron chi connectivity index (χ1n) is 5.37. The fourth-order valence-electron chi connectivity index (χ4n) is 0.937. The van der Waals surface area contributed by atoms with Crippen molar-refractivity contribution in [2.24, 2.45) is 5.73 Å². The Balaban J connectivity index is 3.15. The van der Waals surface area contributed by atoms with E-state index in [2.05, 4.69) is 11.2 Å². The summed E-state index contributed by atoms with van der Waals surface area (Å²) in [7, 11) is 0. The minimum absolute atomic E-state index is 0.0576. The van der Waals surface area contributed by atoms with Crippen molar-refractivity contribution < 1.29 is 14.3 Å². The van der Waals surface area contributed by atoms with Crippen LogP contribution in [0.1, 0.15) is 12.8 Å². The van der Waals surface area contributed by atoms with Gasteiger partial charge in [-0.25, -0.2) is 0 Å². The molecule has 0 saturated heterocycles. The largest absolute Gasteiger partial charge is 0.378 e. The van der Waals surface area contributed by atoms with E-state index in [-0.39, 0.29) is 12.5 Å². The maximum atomic E-state index is 11.1. The van der Waals surface area contributed by atoms with Gasteiger partial charge in [0.05, 0.1) is 19.8 Å². The minimum atomic E-state index is -0.129. The van der Waals surface area contributed by atoms with E-state index < -0.39 is 0 Å². The molecule has 0 atom stereocenters. The van der Waals surface area contributed by atoms with Gasteiger partial charge in [-0.05, 0) is 6.42 Å². The van der Waals surface area contributed by atoms with E-state index in [0.29, 0.717) is 39.3 Å². The molecule has 0 fully saturated rings. The van der Waals surface area contributed by atoms with Crippen molar-refractivity contribution in [1.29, 1.82) is 0 Å². The lowest BCUT2D eigenvalue weighted by molar-refractivity contribution is -0.126. The third-order valence-corrected chi connectivity index (χ3v) is 1.69. The van der Waals surface area contributed by atoms with Crippen molar-refractivity contribution in [3.63, 3.8) is 0 Å². The number of nitrogens with two attached hydrogens (primary N) is 1. The zero-order valence-corrected chi connectivity index (χ0v) is 9.54. The molecule has 0 heterocycles. The lowest BCUT2D eigenvalue weighted by Crippen LogP contribution is -2.29. The number of carbonyl (C=O) groups is 1. The smallest absolute Gasteiger partial charge is 0.245 e. The average molecular weight is 228 g/mol. The molecule has 0 bridgehead atoms. The maximum Gasteiger partial charge on any atom is 0.245 e. The quantitative estimate of drug-likeness (QED) is 0.391. The molecule has 0 saturated carbocycles. The number of terminal acetylenes is 1. The Hall–Kier alpha value is -1.09. The number of rotatable bonds is 10. The first kappa shape index (κ1) is 14.9. The molecule has 92 valence electrons. The third-order valence-electron chi connectivity index (χ3n) is 1.69. The lowest BCUT2D eigenvalue weighted by Gasteiger charge is -2.05. The summed E-state index contributed by atoms with van der Waals surface area (Å²) in [6, 6.07) is 0. The Morgan fingerprint density at radius 1 is 1.31 bits per heavy atom. The molecule has 0 rings (SSSR count). The van der Waals surface area contributed by atoms with Crippen LogP contribution in [-0.4, -0.2) is 45.4 Å². The van der Waals surface area contributed by atoms with Gasteiger partial charge in [0.2, 0.25) is 5.91 Å². The van der Waals surface area contributed by atoms with Crippen LogP contribution in [0.15, 0.2) is 0 Å². The molecule has 5 nitrogen and oxygen atoms in total. The predicted octanol–water partition coefficient (Wildman–Crippen LogP) is -0.492. The summed E-state index contributed by atoms with van der Waals surface area (Å²) < 4.78 is 10.2. The Morgan fingerprint density at radius 2 is 2.06 bits per heavy atom. The standard InChI is InChI=1S/C11H20N2O3/c1-2-3-4-6-13-11(14)10-16-9-8-15-7-5-12/h1H,3-10,12H2,(H,13,14). The molecule has 0 aliphatic carbocycles. The van der Waals surface area contributed by atoms with Crippen molar-refractivity contribution >= 4 is 5.91 Å². The Kier molecular flexibility index (Phi) is 11.2. The van der Waals surface area contributed by atoms with Gasteiger partial charge in [-0.15, -0.1) is 12.3 Å². The van der Waals surface area contributed by atoms with Gasteiger partial charge in [0.15, 0.2) is 0 Å². The van der Waals surface area contributed by atoms with Crippen LogP contribution < -0.4 is 11.1 Å². The van der Waals surface area contributed by atoms with Gasteiger partial charge in [-0.1, -0.05) is 0 Å². The molecule has 0 aliphatic rings. The van der Waals surface area contributed by atoms with E-state index >= 15 is 0 Å². The number of nitrogens with one attached hydrogen (secondary N) is 1. The number of hydrogen-bond donors (Lipinski definition) is 2. The zero-order valence-electron chi connectivity index (χ0n) is 9.54. The molecule has 5 heteroatoms. The van der Waals surface area contributed by atoms with Crippen LogP contribution in [0.3, 0.4) is 0 Å². The first-order chi connectivity index (χ1) is 7.81. The first-order valence-corrected chi connectivity index (χ1v) is 5.37. The summed E-state index contributed by atoms with van der Waals surface area (Å²) in [5, 5.41) is 2.70. The number of hydrogen-bond acceptors (Lipinski definition) is 4. The SMILES string of the molecule is C#CCCCNC(=O)COCCOCCN. The highest BCUT2D eigenvalue weighted by molar-refractivity contribution is 5.77. The molecule has 3 N–H and O–H groups in total. The summed E-state index contributed by atoms with van der Waals surface area (Å²) in [5.41, 5.74) is 5.23. The fourth-order valence-corrected chi connectivity index (χ4v) is 0.937. The molecular formula is C11H20N2O3. The highest BCUT2D eigenvalue weighted by Crippen LogP contribution is 1.83. The average Bonchev–Trinajstić information content (AvgIpc) is 2.29. The normalized spacial score (nSPS) is 9.75. The highest BCUT2D eigenvalue weighted by atomic mass is 16.5. The van der Waals surface area contributed by atoms with Gasteiger partial charge in [0.1, 0.15) is 6.61 Å². The maximum absolute atomic E-state index is 11.1. The van der Waals surface area contributed by atoms with E-state index in [1.807, 2.05) is 0 Å². The fraction of sp³-hybridized carbons (Fsp3) is 0.727.